The molecule has 2 aromatic rings. The quantitative estimate of drug-likeness (QED) is 0.926. The van der Waals surface area contributed by atoms with E-state index in [9.17, 15) is 13.2 Å². The highest BCUT2D eigenvalue weighted by Gasteiger charge is 2.32. The number of aromatic nitrogens is 2. The minimum Gasteiger partial charge on any atom is -0.480 e. The Morgan fingerprint density at radius 3 is 2.24 bits per heavy atom. The fraction of sp³-hybridized carbons (Fsp3) is 0.250. The average molecular weight is 341 g/mol. The lowest BCUT2D eigenvalue weighted by molar-refractivity contribution is -0.137. The van der Waals surface area contributed by atoms with Gasteiger partial charge in [0.15, 0.2) is 0 Å². The molecule has 2 rings (SSSR count). The van der Waals surface area contributed by atoms with Crippen LogP contribution in [0.25, 0.3) is 5.69 Å². The van der Waals surface area contributed by atoms with Crippen LogP contribution in [0.5, 0.6) is 5.88 Å². The summed E-state index contributed by atoms with van der Waals surface area (Å²) in [5.74, 6) is 0.129. The number of halogens is 5. The maximum absolute atomic E-state index is 12.7. The van der Waals surface area contributed by atoms with Gasteiger partial charge in [0.25, 0.3) is 0 Å². The highest BCUT2D eigenvalue weighted by Crippen LogP contribution is 2.37. The number of nitrogens with zero attached hydrogens (tertiary/aromatic N) is 2. The van der Waals surface area contributed by atoms with Gasteiger partial charge in [0.05, 0.1) is 34.9 Å². The van der Waals surface area contributed by atoms with Crippen LogP contribution in [0.4, 0.5) is 13.2 Å². The maximum atomic E-state index is 12.7. The third-order valence-corrected chi connectivity index (χ3v) is 3.26. The third kappa shape index (κ3) is 3.09. The first-order chi connectivity index (χ1) is 9.77. The summed E-state index contributed by atoms with van der Waals surface area (Å²) in [6.45, 7) is -0.348. The number of aliphatic hydroxyl groups excluding tert-OH is 1. The largest absolute Gasteiger partial charge is 0.480 e. The molecule has 4 nitrogen and oxygen atoms in total. The number of rotatable bonds is 3. The third-order valence-electron chi connectivity index (χ3n) is 2.69. The molecule has 0 fully saturated rings. The molecule has 9 heteroatoms. The van der Waals surface area contributed by atoms with Crippen molar-refractivity contribution < 1.29 is 23.0 Å². The van der Waals surface area contributed by atoms with E-state index in [-0.39, 0.29) is 28.2 Å². The van der Waals surface area contributed by atoms with Crippen LogP contribution in [0.3, 0.4) is 0 Å². The highest BCUT2D eigenvalue weighted by molar-refractivity contribution is 6.37. The molecule has 1 aromatic heterocycles. The first kappa shape index (κ1) is 15.9. The van der Waals surface area contributed by atoms with Crippen molar-refractivity contribution in [3.63, 3.8) is 0 Å². The van der Waals surface area contributed by atoms with Gasteiger partial charge in [-0.15, -0.1) is 5.10 Å². The van der Waals surface area contributed by atoms with Crippen molar-refractivity contribution in [3.05, 3.63) is 39.5 Å². The Hall–Kier alpha value is -1.44. The van der Waals surface area contributed by atoms with E-state index in [0.717, 1.165) is 16.8 Å². The zero-order valence-electron chi connectivity index (χ0n) is 10.6. The number of benzene rings is 1. The molecule has 0 radical (unpaired) electrons. The zero-order valence-corrected chi connectivity index (χ0v) is 12.1. The molecule has 0 saturated heterocycles. The van der Waals surface area contributed by atoms with Gasteiger partial charge in [-0.25, -0.2) is 4.68 Å². The Morgan fingerprint density at radius 1 is 1.29 bits per heavy atom. The Labute approximate surface area is 127 Å². The van der Waals surface area contributed by atoms with Gasteiger partial charge in [0, 0.05) is 6.20 Å². The molecular weight excluding hydrogens is 332 g/mol. The molecule has 0 aliphatic carbocycles. The summed E-state index contributed by atoms with van der Waals surface area (Å²) in [5, 5.41) is 12.7. The van der Waals surface area contributed by atoms with Crippen LogP contribution < -0.4 is 4.74 Å². The van der Waals surface area contributed by atoms with Crippen LogP contribution in [0.2, 0.25) is 10.0 Å². The Balaban J connectivity index is 2.57. The molecule has 0 aliphatic rings. The molecule has 21 heavy (non-hydrogen) atoms. The summed E-state index contributed by atoms with van der Waals surface area (Å²) >= 11 is 11.7. The van der Waals surface area contributed by atoms with E-state index in [1.54, 1.807) is 0 Å². The maximum Gasteiger partial charge on any atom is 0.416 e. The second kappa shape index (κ2) is 5.75. The van der Waals surface area contributed by atoms with Crippen molar-refractivity contribution in [2.75, 3.05) is 7.11 Å². The predicted octanol–water partition coefficient (Wildman–Crippen LogP) is 3.70. The van der Waals surface area contributed by atoms with Gasteiger partial charge in [-0.2, -0.15) is 13.2 Å². The van der Waals surface area contributed by atoms with E-state index in [1.165, 1.54) is 13.3 Å². The topological polar surface area (TPSA) is 47.3 Å². The van der Waals surface area contributed by atoms with Gasteiger partial charge >= 0.3 is 6.18 Å². The van der Waals surface area contributed by atoms with Crippen molar-refractivity contribution in [2.24, 2.45) is 0 Å². The summed E-state index contributed by atoms with van der Waals surface area (Å²) in [7, 11) is 1.35. The molecule has 0 unspecified atom stereocenters. The molecule has 1 N–H and O–H groups in total. The first-order valence-corrected chi connectivity index (χ1v) is 6.33. The number of hydrogen-bond acceptors (Lipinski definition) is 3. The Bertz CT molecular complexity index is 627. The minimum absolute atomic E-state index is 0.0735. The van der Waals surface area contributed by atoms with E-state index in [4.69, 9.17) is 33.0 Å². The predicted molar refractivity (Wildman–Crippen MR) is 71.1 cm³/mol. The minimum atomic E-state index is -4.55. The monoisotopic (exact) mass is 340 g/mol. The lowest BCUT2D eigenvalue weighted by Gasteiger charge is -2.12. The van der Waals surface area contributed by atoms with Gasteiger partial charge < -0.3 is 9.84 Å². The fourth-order valence-corrected chi connectivity index (χ4v) is 2.40. The first-order valence-electron chi connectivity index (χ1n) is 5.58. The van der Waals surface area contributed by atoms with Crippen molar-refractivity contribution in [1.82, 2.24) is 9.78 Å². The zero-order chi connectivity index (χ0) is 15.8. The van der Waals surface area contributed by atoms with Crippen LogP contribution in [0.1, 0.15) is 11.1 Å². The molecule has 0 atom stereocenters. The van der Waals surface area contributed by atoms with Gasteiger partial charge in [-0.05, 0) is 12.1 Å². The molecule has 1 heterocycles. The normalized spacial score (nSPS) is 11.8. The summed E-state index contributed by atoms with van der Waals surface area (Å²) in [4.78, 5) is 0. The molecule has 0 bridgehead atoms. The van der Waals surface area contributed by atoms with Crippen molar-refractivity contribution in [1.29, 1.82) is 0 Å². The summed E-state index contributed by atoms with van der Waals surface area (Å²) < 4.78 is 44.1. The van der Waals surface area contributed by atoms with Crippen LogP contribution in [0, 0.1) is 0 Å². The number of methoxy groups -OCH3 is 1. The van der Waals surface area contributed by atoms with Gasteiger partial charge in [-0.3, -0.25) is 0 Å². The summed E-state index contributed by atoms with van der Waals surface area (Å²) in [6, 6.07) is 1.52. The van der Waals surface area contributed by atoms with Crippen LogP contribution >= 0.6 is 23.2 Å². The van der Waals surface area contributed by atoms with E-state index >= 15 is 0 Å². The highest BCUT2D eigenvalue weighted by atomic mass is 35.5. The van der Waals surface area contributed by atoms with Crippen LogP contribution in [0.15, 0.2) is 18.3 Å². The van der Waals surface area contributed by atoms with E-state index < -0.39 is 11.7 Å². The average Bonchev–Trinajstić information content (AvgIpc) is 2.79. The van der Waals surface area contributed by atoms with Crippen LogP contribution in [-0.2, 0) is 12.8 Å². The number of aliphatic hydroxyl groups is 1. The van der Waals surface area contributed by atoms with Gasteiger partial charge in [0.2, 0.25) is 5.88 Å². The number of alkyl halides is 3. The van der Waals surface area contributed by atoms with E-state index in [1.807, 2.05) is 0 Å². The van der Waals surface area contributed by atoms with E-state index in [2.05, 4.69) is 5.10 Å². The molecule has 0 saturated carbocycles. The second-order valence-electron chi connectivity index (χ2n) is 4.05. The van der Waals surface area contributed by atoms with Gasteiger partial charge in [0.1, 0.15) is 5.69 Å². The molecule has 0 amide bonds. The SMILES string of the molecule is COc1nn(-c2c(Cl)cc(C(F)(F)F)cc2Cl)cc1CO. The molecular formula is C12H9Cl2F3N2O2. The number of ether oxygens (including phenoxy) is 1. The second-order valence-corrected chi connectivity index (χ2v) is 4.87. The van der Waals surface area contributed by atoms with Crippen molar-refractivity contribution in [2.45, 2.75) is 12.8 Å². The van der Waals surface area contributed by atoms with Crippen molar-refractivity contribution >= 4 is 23.2 Å². The standard InChI is InChI=1S/C12H9Cl2F3N2O2/c1-21-11-6(5-20)4-19(18-11)10-8(13)2-7(3-9(10)14)12(15,16)17/h2-4,20H,5H2,1H3. The molecule has 0 spiro atoms. The molecule has 1 aromatic carbocycles. The van der Waals surface area contributed by atoms with Crippen LogP contribution in [-0.4, -0.2) is 22.0 Å². The summed E-state index contributed by atoms with van der Waals surface area (Å²) in [5.41, 5.74) is -0.531. The van der Waals surface area contributed by atoms with Gasteiger partial charge in [-0.1, -0.05) is 23.2 Å². The lowest BCUT2D eigenvalue weighted by Crippen LogP contribution is -2.07. The van der Waals surface area contributed by atoms with E-state index in [0.29, 0.717) is 5.56 Å². The summed E-state index contributed by atoms with van der Waals surface area (Å²) in [6.07, 6.45) is -3.18. The number of hydrogen-bond donors (Lipinski definition) is 1. The fourth-order valence-electron chi connectivity index (χ4n) is 1.74. The molecule has 0 aliphatic heterocycles. The Morgan fingerprint density at radius 2 is 1.86 bits per heavy atom. The van der Waals surface area contributed by atoms with Crippen molar-refractivity contribution in [3.8, 4) is 11.6 Å². The molecule has 114 valence electrons. The Kier molecular flexibility index (Phi) is 4.36. The lowest BCUT2D eigenvalue weighted by atomic mass is 10.2. The smallest absolute Gasteiger partial charge is 0.416 e.